The molecule has 1 saturated heterocycles. The number of morpholine rings is 1. The average Bonchev–Trinajstić information content (AvgIpc) is 2.48. The fourth-order valence-electron chi connectivity index (χ4n) is 2.19. The second kappa shape index (κ2) is 6.67. The minimum atomic E-state index is 0.311. The molecule has 0 aliphatic carbocycles. The molecule has 0 radical (unpaired) electrons. The number of nitrogens with two attached hydrogens (primary N) is 1. The molecule has 2 heterocycles. The molecule has 1 fully saturated rings. The average molecular weight is 281 g/mol. The molecule has 0 aromatic carbocycles. The Labute approximate surface area is 119 Å². The molecule has 8 nitrogen and oxygen atoms in total. The van der Waals surface area contributed by atoms with Crippen molar-refractivity contribution in [1.29, 1.82) is 0 Å². The number of hydrazine groups is 1. The molecule has 1 aliphatic rings. The molecule has 3 N–H and O–H groups in total. The summed E-state index contributed by atoms with van der Waals surface area (Å²) in [6, 6.07) is 0.311. The predicted molar refractivity (Wildman–Crippen MR) is 78.8 cm³/mol. The molecule has 0 unspecified atom stereocenters. The summed E-state index contributed by atoms with van der Waals surface area (Å²) < 4.78 is 5.35. The van der Waals surface area contributed by atoms with Crippen LogP contribution in [0.1, 0.15) is 20.8 Å². The molecule has 1 aliphatic heterocycles. The largest absolute Gasteiger partial charge is 0.378 e. The molecule has 0 atom stereocenters. The van der Waals surface area contributed by atoms with Gasteiger partial charge in [0.25, 0.3) is 0 Å². The topological polar surface area (TPSA) is 92.4 Å². The van der Waals surface area contributed by atoms with Gasteiger partial charge in [0, 0.05) is 25.7 Å². The molecule has 20 heavy (non-hydrogen) atoms. The van der Waals surface area contributed by atoms with E-state index >= 15 is 0 Å². The maximum atomic E-state index is 5.47. The highest BCUT2D eigenvalue weighted by molar-refractivity contribution is 5.45. The Morgan fingerprint density at radius 2 is 2.00 bits per heavy atom. The summed E-state index contributed by atoms with van der Waals surface area (Å²) in [5, 5.41) is 0. The van der Waals surface area contributed by atoms with Crippen LogP contribution in [0, 0.1) is 0 Å². The monoisotopic (exact) mass is 281 g/mol. The van der Waals surface area contributed by atoms with E-state index < -0.39 is 0 Å². The summed E-state index contributed by atoms with van der Waals surface area (Å²) in [5.74, 6) is 7.14. The van der Waals surface area contributed by atoms with Crippen molar-refractivity contribution in [3.05, 3.63) is 0 Å². The van der Waals surface area contributed by atoms with E-state index in [-0.39, 0.29) is 0 Å². The molecule has 2 rings (SSSR count). The third-order valence-electron chi connectivity index (χ3n) is 3.26. The zero-order valence-electron chi connectivity index (χ0n) is 12.3. The number of ether oxygens (including phenoxy) is 1. The summed E-state index contributed by atoms with van der Waals surface area (Å²) in [6.07, 6.45) is 0. The first kappa shape index (κ1) is 14.7. The minimum Gasteiger partial charge on any atom is -0.378 e. The fourth-order valence-corrected chi connectivity index (χ4v) is 2.19. The van der Waals surface area contributed by atoms with Gasteiger partial charge in [-0.1, -0.05) is 0 Å². The van der Waals surface area contributed by atoms with E-state index in [1.165, 1.54) is 0 Å². The van der Waals surface area contributed by atoms with Crippen molar-refractivity contribution in [2.24, 2.45) is 5.84 Å². The van der Waals surface area contributed by atoms with Crippen molar-refractivity contribution in [2.75, 3.05) is 48.1 Å². The van der Waals surface area contributed by atoms with E-state index in [4.69, 9.17) is 10.6 Å². The number of nitrogens with one attached hydrogen (secondary N) is 1. The van der Waals surface area contributed by atoms with Crippen LogP contribution in [0.4, 0.5) is 17.8 Å². The molecule has 0 amide bonds. The predicted octanol–water partition coefficient (Wildman–Crippen LogP) is 0.229. The van der Waals surface area contributed by atoms with E-state index in [2.05, 4.69) is 50.9 Å². The van der Waals surface area contributed by atoms with Crippen LogP contribution in [0.15, 0.2) is 0 Å². The number of anilines is 3. The van der Waals surface area contributed by atoms with Crippen molar-refractivity contribution in [3.63, 3.8) is 0 Å². The number of aromatic nitrogens is 3. The van der Waals surface area contributed by atoms with Gasteiger partial charge >= 0.3 is 0 Å². The Kier molecular flexibility index (Phi) is 4.91. The SMILES string of the molecule is CCN(c1nc(NN)nc(N2CCOCC2)n1)C(C)C. The molecule has 1 aromatic heterocycles. The lowest BCUT2D eigenvalue weighted by Crippen LogP contribution is -2.39. The molecule has 8 heteroatoms. The quantitative estimate of drug-likeness (QED) is 0.585. The van der Waals surface area contributed by atoms with E-state index in [1.807, 2.05) is 0 Å². The second-order valence-corrected chi connectivity index (χ2v) is 4.88. The second-order valence-electron chi connectivity index (χ2n) is 4.88. The van der Waals surface area contributed by atoms with Gasteiger partial charge in [0.2, 0.25) is 17.8 Å². The van der Waals surface area contributed by atoms with Crippen LogP contribution in [-0.2, 0) is 4.74 Å². The van der Waals surface area contributed by atoms with Crippen LogP contribution >= 0.6 is 0 Å². The Bertz CT molecular complexity index is 434. The van der Waals surface area contributed by atoms with Gasteiger partial charge in [-0.3, -0.25) is 5.43 Å². The highest BCUT2D eigenvalue weighted by Gasteiger charge is 2.19. The minimum absolute atomic E-state index is 0.311. The van der Waals surface area contributed by atoms with E-state index in [0.717, 1.165) is 19.6 Å². The van der Waals surface area contributed by atoms with Crippen LogP contribution in [0.5, 0.6) is 0 Å². The van der Waals surface area contributed by atoms with Crippen molar-refractivity contribution in [3.8, 4) is 0 Å². The number of hydrogen-bond donors (Lipinski definition) is 2. The maximum Gasteiger partial charge on any atom is 0.243 e. The molecule has 1 aromatic rings. The molecule has 112 valence electrons. The van der Waals surface area contributed by atoms with Crippen LogP contribution in [0.2, 0.25) is 0 Å². The zero-order valence-corrected chi connectivity index (χ0v) is 12.3. The van der Waals surface area contributed by atoms with Gasteiger partial charge in [-0.25, -0.2) is 5.84 Å². The summed E-state index contributed by atoms with van der Waals surface area (Å²) >= 11 is 0. The highest BCUT2D eigenvalue weighted by atomic mass is 16.5. The van der Waals surface area contributed by atoms with Gasteiger partial charge in [-0.05, 0) is 20.8 Å². The third kappa shape index (κ3) is 3.26. The van der Waals surface area contributed by atoms with Gasteiger partial charge in [-0.15, -0.1) is 0 Å². The third-order valence-corrected chi connectivity index (χ3v) is 3.26. The van der Waals surface area contributed by atoms with Crippen LogP contribution in [-0.4, -0.2) is 53.8 Å². The van der Waals surface area contributed by atoms with Gasteiger partial charge < -0.3 is 14.5 Å². The van der Waals surface area contributed by atoms with Gasteiger partial charge in [0.05, 0.1) is 13.2 Å². The van der Waals surface area contributed by atoms with Crippen molar-refractivity contribution in [2.45, 2.75) is 26.8 Å². The van der Waals surface area contributed by atoms with Crippen molar-refractivity contribution in [1.82, 2.24) is 15.0 Å². The Balaban J connectivity index is 2.32. The smallest absolute Gasteiger partial charge is 0.243 e. The first-order valence-corrected chi connectivity index (χ1v) is 6.97. The van der Waals surface area contributed by atoms with Gasteiger partial charge in [0.15, 0.2) is 0 Å². The van der Waals surface area contributed by atoms with Gasteiger partial charge in [-0.2, -0.15) is 15.0 Å². The molecular formula is C12H23N7O. The van der Waals surface area contributed by atoms with Crippen LogP contribution in [0.25, 0.3) is 0 Å². The number of rotatable bonds is 5. The van der Waals surface area contributed by atoms with Crippen LogP contribution < -0.4 is 21.1 Å². The van der Waals surface area contributed by atoms with E-state index in [1.54, 1.807) is 0 Å². The summed E-state index contributed by atoms with van der Waals surface area (Å²) in [6.45, 7) is 10.1. The van der Waals surface area contributed by atoms with E-state index in [9.17, 15) is 0 Å². The highest BCUT2D eigenvalue weighted by Crippen LogP contribution is 2.18. The normalized spacial score (nSPS) is 15.6. The molecular weight excluding hydrogens is 258 g/mol. The molecule has 0 saturated carbocycles. The first-order valence-electron chi connectivity index (χ1n) is 6.97. The van der Waals surface area contributed by atoms with Crippen molar-refractivity contribution >= 4 is 17.8 Å². The number of nitrogens with zero attached hydrogens (tertiary/aromatic N) is 5. The molecule has 0 spiro atoms. The summed E-state index contributed by atoms with van der Waals surface area (Å²) in [4.78, 5) is 17.5. The standard InChI is InChI=1S/C12H23N7O/c1-4-19(9(2)3)12-15-10(17-13)14-11(16-12)18-5-7-20-8-6-18/h9H,4-8,13H2,1-3H3,(H,14,15,16,17). The zero-order chi connectivity index (χ0) is 14.5. The summed E-state index contributed by atoms with van der Waals surface area (Å²) in [7, 11) is 0. The summed E-state index contributed by atoms with van der Waals surface area (Å²) in [5.41, 5.74) is 2.52. The maximum absolute atomic E-state index is 5.47. The number of nitrogen functional groups attached to an aromatic ring is 1. The Morgan fingerprint density at radius 3 is 2.55 bits per heavy atom. The molecule has 0 bridgehead atoms. The number of hydrogen-bond acceptors (Lipinski definition) is 8. The Hall–Kier alpha value is -1.67. The lowest BCUT2D eigenvalue weighted by Gasteiger charge is -2.29. The lowest BCUT2D eigenvalue weighted by molar-refractivity contribution is 0.122. The fraction of sp³-hybridized carbons (Fsp3) is 0.750. The van der Waals surface area contributed by atoms with Gasteiger partial charge in [0.1, 0.15) is 0 Å². The first-order chi connectivity index (χ1) is 9.65. The lowest BCUT2D eigenvalue weighted by atomic mass is 10.3. The van der Waals surface area contributed by atoms with E-state index in [0.29, 0.717) is 37.1 Å². The van der Waals surface area contributed by atoms with Crippen molar-refractivity contribution < 1.29 is 4.74 Å². The van der Waals surface area contributed by atoms with Crippen LogP contribution in [0.3, 0.4) is 0 Å². The Morgan fingerprint density at radius 1 is 1.30 bits per heavy atom.